The highest BCUT2D eigenvalue weighted by atomic mass is 16.5. The lowest BCUT2D eigenvalue weighted by molar-refractivity contribution is 0.0683. The second-order valence-corrected chi connectivity index (χ2v) is 5.36. The van der Waals surface area contributed by atoms with Gasteiger partial charge in [0.1, 0.15) is 5.76 Å². The van der Waals surface area contributed by atoms with E-state index in [0.29, 0.717) is 11.8 Å². The fraction of sp³-hybridized carbons (Fsp3) is 0.692. The van der Waals surface area contributed by atoms with Crippen molar-refractivity contribution in [2.75, 3.05) is 13.6 Å². The van der Waals surface area contributed by atoms with Gasteiger partial charge in [-0.3, -0.25) is 14.5 Å². The predicted octanol–water partition coefficient (Wildman–Crippen LogP) is 0.592. The van der Waals surface area contributed by atoms with Crippen LogP contribution in [0.1, 0.15) is 36.2 Å². The summed E-state index contributed by atoms with van der Waals surface area (Å²) >= 11 is 0. The Morgan fingerprint density at radius 3 is 2.63 bits per heavy atom. The number of aromatic nitrogens is 1. The minimum atomic E-state index is -0.401. The van der Waals surface area contributed by atoms with E-state index in [9.17, 15) is 9.59 Å². The number of hydrogen-bond acceptors (Lipinski definition) is 5. The highest BCUT2D eigenvalue weighted by Gasteiger charge is 2.24. The van der Waals surface area contributed by atoms with E-state index in [0.717, 1.165) is 30.4 Å². The van der Waals surface area contributed by atoms with Gasteiger partial charge in [-0.15, -0.1) is 4.74 Å². The summed E-state index contributed by atoms with van der Waals surface area (Å²) in [7, 11) is 1.90. The third kappa shape index (κ3) is 3.33. The maximum absolute atomic E-state index is 12.0. The van der Waals surface area contributed by atoms with Crippen molar-refractivity contribution in [2.24, 2.45) is 5.73 Å². The fourth-order valence-corrected chi connectivity index (χ4v) is 2.57. The summed E-state index contributed by atoms with van der Waals surface area (Å²) in [5.41, 5.74) is 5.46. The van der Waals surface area contributed by atoms with Crippen molar-refractivity contribution >= 4 is 5.91 Å². The van der Waals surface area contributed by atoms with Crippen LogP contribution in [0.2, 0.25) is 0 Å². The Kier molecular flexibility index (Phi) is 4.21. The zero-order chi connectivity index (χ0) is 14.0. The maximum atomic E-state index is 12.0. The van der Waals surface area contributed by atoms with Gasteiger partial charge in [0, 0.05) is 18.2 Å². The molecule has 0 radical (unpaired) electrons. The molecular weight excluding hydrogens is 246 g/mol. The molecule has 19 heavy (non-hydrogen) atoms. The molecule has 106 valence electrons. The molecule has 0 aliphatic heterocycles. The number of rotatable bonds is 3. The molecule has 6 nitrogen and oxygen atoms in total. The summed E-state index contributed by atoms with van der Waals surface area (Å²) in [5, 5.41) is 0. The minimum absolute atomic E-state index is 0.187. The number of hydrogen-bond donors (Lipinski definition) is 1. The summed E-state index contributed by atoms with van der Waals surface area (Å²) in [6, 6.07) is 1.96. The zero-order valence-corrected chi connectivity index (χ0v) is 11.5. The Morgan fingerprint density at radius 2 is 2.11 bits per heavy atom. The molecule has 0 amide bonds. The van der Waals surface area contributed by atoms with E-state index in [1.54, 1.807) is 6.92 Å². The first-order chi connectivity index (χ1) is 8.97. The number of carbonyl (C=O) groups excluding carboxylic acids is 1. The summed E-state index contributed by atoms with van der Waals surface area (Å²) in [5.74, 6) is 0.125. The SMILES string of the molecule is Cc1cc(=O)n(C(=O)CN(C)C2CCC(N)CC2)o1. The van der Waals surface area contributed by atoms with Gasteiger partial charge in [-0.1, -0.05) is 0 Å². The molecule has 6 heteroatoms. The summed E-state index contributed by atoms with van der Waals surface area (Å²) in [4.78, 5) is 25.5. The van der Waals surface area contributed by atoms with Crippen molar-refractivity contribution in [1.29, 1.82) is 0 Å². The van der Waals surface area contributed by atoms with Gasteiger partial charge < -0.3 is 10.3 Å². The van der Waals surface area contributed by atoms with Gasteiger partial charge in [-0.25, -0.2) is 0 Å². The Hall–Kier alpha value is -1.40. The van der Waals surface area contributed by atoms with Gasteiger partial charge in [0.25, 0.3) is 11.5 Å². The van der Waals surface area contributed by atoms with Gasteiger partial charge in [0.15, 0.2) is 0 Å². The predicted molar refractivity (Wildman–Crippen MR) is 71.2 cm³/mol. The van der Waals surface area contributed by atoms with Crippen LogP contribution in [-0.2, 0) is 0 Å². The molecule has 0 spiro atoms. The van der Waals surface area contributed by atoms with Crippen LogP contribution >= 0.6 is 0 Å². The van der Waals surface area contributed by atoms with Crippen LogP contribution < -0.4 is 11.3 Å². The van der Waals surface area contributed by atoms with Crippen molar-refractivity contribution in [1.82, 2.24) is 9.64 Å². The Morgan fingerprint density at radius 1 is 1.47 bits per heavy atom. The van der Waals surface area contributed by atoms with Crippen LogP contribution in [0, 0.1) is 6.92 Å². The number of nitrogens with two attached hydrogens (primary N) is 1. The molecule has 1 fully saturated rings. The van der Waals surface area contributed by atoms with Crippen LogP contribution in [0.4, 0.5) is 0 Å². The lowest BCUT2D eigenvalue weighted by Gasteiger charge is -2.32. The molecule has 1 aromatic rings. The standard InChI is InChI=1S/C13H21N3O3/c1-9-7-12(17)16(19-9)13(18)8-15(2)11-5-3-10(14)4-6-11/h7,10-11H,3-6,8,14H2,1-2H3. The number of likely N-dealkylation sites (N-methyl/N-ethyl adjacent to an activating group) is 1. The lowest BCUT2D eigenvalue weighted by Crippen LogP contribution is -2.42. The van der Waals surface area contributed by atoms with Crippen molar-refractivity contribution < 1.29 is 9.32 Å². The molecule has 1 aliphatic rings. The normalized spacial score (nSPS) is 23.8. The van der Waals surface area contributed by atoms with E-state index < -0.39 is 5.56 Å². The first-order valence-electron chi connectivity index (χ1n) is 6.66. The molecule has 0 unspecified atom stereocenters. The second kappa shape index (κ2) is 5.71. The van der Waals surface area contributed by atoms with Crippen molar-refractivity contribution in [3.05, 3.63) is 22.2 Å². The topological polar surface area (TPSA) is 81.5 Å². The molecule has 1 saturated carbocycles. The molecule has 2 N–H and O–H groups in total. The first-order valence-corrected chi connectivity index (χ1v) is 6.66. The average molecular weight is 267 g/mol. The van der Waals surface area contributed by atoms with E-state index in [-0.39, 0.29) is 18.5 Å². The summed E-state index contributed by atoms with van der Waals surface area (Å²) < 4.78 is 5.92. The van der Waals surface area contributed by atoms with E-state index in [4.69, 9.17) is 10.3 Å². The van der Waals surface area contributed by atoms with Crippen molar-refractivity contribution in [3.63, 3.8) is 0 Å². The van der Waals surface area contributed by atoms with Gasteiger partial charge in [0.2, 0.25) is 0 Å². The summed E-state index contributed by atoms with van der Waals surface area (Å²) in [6.07, 6.45) is 3.97. The van der Waals surface area contributed by atoms with E-state index in [2.05, 4.69) is 0 Å². The lowest BCUT2D eigenvalue weighted by atomic mass is 9.91. The minimum Gasteiger partial charge on any atom is -0.373 e. The first kappa shape index (κ1) is 14.0. The third-order valence-electron chi connectivity index (χ3n) is 3.74. The molecule has 1 aliphatic carbocycles. The zero-order valence-electron chi connectivity index (χ0n) is 11.5. The maximum Gasteiger partial charge on any atom is 0.290 e. The van der Waals surface area contributed by atoms with Crippen LogP contribution in [0.3, 0.4) is 0 Å². The van der Waals surface area contributed by atoms with Gasteiger partial charge in [0.05, 0.1) is 6.54 Å². The van der Waals surface area contributed by atoms with Crippen LogP contribution in [0.5, 0.6) is 0 Å². The second-order valence-electron chi connectivity index (χ2n) is 5.36. The molecule has 0 saturated heterocycles. The molecule has 0 bridgehead atoms. The van der Waals surface area contributed by atoms with Crippen LogP contribution in [0.25, 0.3) is 0 Å². The van der Waals surface area contributed by atoms with Crippen molar-refractivity contribution in [2.45, 2.75) is 44.7 Å². The molecule has 0 aromatic carbocycles. The largest absolute Gasteiger partial charge is 0.373 e. The monoisotopic (exact) mass is 267 g/mol. The summed E-state index contributed by atoms with van der Waals surface area (Å²) in [6.45, 7) is 1.84. The molecular formula is C13H21N3O3. The van der Waals surface area contributed by atoms with Crippen molar-refractivity contribution in [3.8, 4) is 0 Å². The number of aryl methyl sites for hydroxylation is 1. The highest BCUT2D eigenvalue weighted by molar-refractivity contribution is 5.79. The molecule has 1 heterocycles. The quantitative estimate of drug-likeness (QED) is 0.867. The Labute approximate surface area is 112 Å². The van der Waals surface area contributed by atoms with E-state index >= 15 is 0 Å². The molecule has 1 aromatic heterocycles. The molecule has 0 atom stereocenters. The van der Waals surface area contributed by atoms with E-state index in [1.165, 1.54) is 6.07 Å². The Bertz CT molecular complexity index is 497. The number of nitrogens with zero attached hydrogens (tertiary/aromatic N) is 2. The van der Waals surface area contributed by atoms with Gasteiger partial charge in [-0.2, -0.15) is 0 Å². The van der Waals surface area contributed by atoms with Crippen LogP contribution in [0.15, 0.2) is 15.4 Å². The van der Waals surface area contributed by atoms with Gasteiger partial charge >= 0.3 is 0 Å². The van der Waals surface area contributed by atoms with Gasteiger partial charge in [-0.05, 0) is 39.7 Å². The molecule has 2 rings (SSSR count). The highest BCUT2D eigenvalue weighted by Crippen LogP contribution is 2.20. The smallest absolute Gasteiger partial charge is 0.290 e. The van der Waals surface area contributed by atoms with Crippen LogP contribution in [-0.4, -0.2) is 41.2 Å². The fourth-order valence-electron chi connectivity index (χ4n) is 2.57. The Balaban J connectivity index is 1.95. The number of carbonyl (C=O) groups is 1. The third-order valence-corrected chi connectivity index (χ3v) is 3.74. The van der Waals surface area contributed by atoms with E-state index in [1.807, 2.05) is 11.9 Å². The average Bonchev–Trinajstić information content (AvgIpc) is 2.69.